The molecular formula is C12H11N3O2S. The molecule has 0 fully saturated rings. The van der Waals surface area contributed by atoms with Crippen LogP contribution in [-0.2, 0) is 0 Å². The van der Waals surface area contributed by atoms with Gasteiger partial charge in [-0.15, -0.1) is 11.3 Å². The smallest absolute Gasteiger partial charge is 0.269 e. The third-order valence-electron chi connectivity index (χ3n) is 2.62. The lowest BCUT2D eigenvalue weighted by Gasteiger charge is -2.15. The molecule has 0 saturated carbocycles. The van der Waals surface area contributed by atoms with Gasteiger partial charge in [0.1, 0.15) is 22.3 Å². The third-order valence-corrected chi connectivity index (χ3v) is 3.52. The molecule has 2 rings (SSSR count). The van der Waals surface area contributed by atoms with Crippen molar-refractivity contribution < 1.29 is 9.32 Å². The highest BCUT2D eigenvalue weighted by molar-refractivity contribution is 7.12. The second-order valence-electron chi connectivity index (χ2n) is 3.81. The summed E-state index contributed by atoms with van der Waals surface area (Å²) >= 11 is 1.25. The fourth-order valence-corrected chi connectivity index (χ4v) is 2.59. The van der Waals surface area contributed by atoms with Crippen LogP contribution in [0.15, 0.2) is 16.0 Å². The first kappa shape index (κ1) is 12.3. The van der Waals surface area contributed by atoms with E-state index in [0.717, 1.165) is 0 Å². The van der Waals surface area contributed by atoms with Crippen LogP contribution in [0.5, 0.6) is 0 Å². The summed E-state index contributed by atoms with van der Waals surface area (Å²) in [7, 11) is 1.65. The summed E-state index contributed by atoms with van der Waals surface area (Å²) < 4.78 is 5.04. The van der Waals surface area contributed by atoms with Crippen molar-refractivity contribution in [1.82, 2.24) is 5.16 Å². The molecule has 5 nitrogen and oxygen atoms in total. The van der Waals surface area contributed by atoms with E-state index in [1.807, 2.05) is 6.07 Å². The van der Waals surface area contributed by atoms with E-state index >= 15 is 0 Å². The molecule has 0 atom stereocenters. The van der Waals surface area contributed by atoms with Gasteiger partial charge in [-0.25, -0.2) is 0 Å². The van der Waals surface area contributed by atoms with Gasteiger partial charge in [0.05, 0.1) is 5.56 Å². The van der Waals surface area contributed by atoms with Gasteiger partial charge in [0.25, 0.3) is 5.91 Å². The van der Waals surface area contributed by atoms with Crippen LogP contribution in [0.4, 0.5) is 5.69 Å². The van der Waals surface area contributed by atoms with Crippen LogP contribution in [0.1, 0.15) is 26.7 Å². The fourth-order valence-electron chi connectivity index (χ4n) is 1.77. The van der Waals surface area contributed by atoms with Gasteiger partial charge in [-0.2, -0.15) is 5.26 Å². The van der Waals surface area contributed by atoms with E-state index in [0.29, 0.717) is 27.6 Å². The molecule has 0 saturated heterocycles. The van der Waals surface area contributed by atoms with E-state index < -0.39 is 0 Å². The van der Waals surface area contributed by atoms with Crippen LogP contribution >= 0.6 is 11.3 Å². The Hall–Kier alpha value is -2.13. The predicted octanol–water partition coefficient (Wildman–Crippen LogP) is 2.50. The van der Waals surface area contributed by atoms with Crippen molar-refractivity contribution in [2.24, 2.45) is 0 Å². The lowest BCUT2D eigenvalue weighted by atomic mass is 10.2. The van der Waals surface area contributed by atoms with E-state index in [1.54, 1.807) is 32.3 Å². The first-order chi connectivity index (χ1) is 8.56. The summed E-state index contributed by atoms with van der Waals surface area (Å²) in [6.07, 6.45) is 0. The Morgan fingerprint density at radius 1 is 1.56 bits per heavy atom. The van der Waals surface area contributed by atoms with Crippen LogP contribution in [0.3, 0.4) is 0 Å². The minimum Gasteiger partial charge on any atom is -0.359 e. The number of nitrogens with zero attached hydrogens (tertiary/aromatic N) is 3. The molecule has 0 aromatic carbocycles. The van der Waals surface area contributed by atoms with Crippen molar-refractivity contribution in [3.05, 3.63) is 33.3 Å². The number of anilines is 1. The lowest BCUT2D eigenvalue weighted by molar-refractivity contribution is 0.0996. The maximum atomic E-state index is 12.3. The van der Waals surface area contributed by atoms with Gasteiger partial charge in [-0.3, -0.25) is 4.79 Å². The first-order valence-corrected chi connectivity index (χ1v) is 6.12. The summed E-state index contributed by atoms with van der Waals surface area (Å²) in [5.41, 5.74) is 1.69. The molecule has 0 bridgehead atoms. The van der Waals surface area contributed by atoms with Gasteiger partial charge in [0.2, 0.25) is 0 Å². The highest BCUT2D eigenvalue weighted by atomic mass is 32.1. The number of thiophene rings is 1. The zero-order chi connectivity index (χ0) is 13.3. The quantitative estimate of drug-likeness (QED) is 0.832. The molecule has 1 amide bonds. The normalized spacial score (nSPS) is 10.1. The molecule has 2 aromatic heterocycles. The second-order valence-corrected chi connectivity index (χ2v) is 4.73. The number of nitriles is 1. The Balaban J connectivity index is 2.39. The van der Waals surface area contributed by atoms with E-state index in [1.165, 1.54) is 16.2 Å². The summed E-state index contributed by atoms with van der Waals surface area (Å²) in [5.74, 6) is 0.356. The minimum atomic E-state index is -0.226. The average Bonchev–Trinajstić information content (AvgIpc) is 2.94. The van der Waals surface area contributed by atoms with Gasteiger partial charge >= 0.3 is 0 Å². The van der Waals surface area contributed by atoms with Crippen LogP contribution < -0.4 is 4.90 Å². The second kappa shape index (κ2) is 4.63. The molecule has 92 valence electrons. The number of carbonyl (C=O) groups is 1. The molecule has 0 N–H and O–H groups in total. The van der Waals surface area contributed by atoms with Gasteiger partial charge < -0.3 is 9.42 Å². The topological polar surface area (TPSA) is 70.1 Å². The number of amides is 1. The van der Waals surface area contributed by atoms with Gasteiger partial charge in [-0.1, -0.05) is 5.16 Å². The standard InChI is InChI=1S/C12H11N3O2S/c1-7-10(8(2)17-14-7)15(3)12(16)11-9(6-13)4-5-18-11/h4-5H,1-3H3. The lowest BCUT2D eigenvalue weighted by Crippen LogP contribution is -2.26. The average molecular weight is 261 g/mol. The SMILES string of the molecule is Cc1noc(C)c1N(C)C(=O)c1sccc1C#N. The summed E-state index contributed by atoms with van der Waals surface area (Å²) in [6.45, 7) is 3.52. The van der Waals surface area contributed by atoms with Crippen molar-refractivity contribution in [3.8, 4) is 6.07 Å². The summed E-state index contributed by atoms with van der Waals surface area (Å²) in [6, 6.07) is 3.65. The molecule has 0 aliphatic heterocycles. The van der Waals surface area contributed by atoms with E-state index in [2.05, 4.69) is 5.16 Å². The largest absolute Gasteiger partial charge is 0.359 e. The van der Waals surface area contributed by atoms with Crippen LogP contribution in [0.2, 0.25) is 0 Å². The van der Waals surface area contributed by atoms with Crippen molar-refractivity contribution in [3.63, 3.8) is 0 Å². The van der Waals surface area contributed by atoms with Crippen molar-refractivity contribution in [2.75, 3.05) is 11.9 Å². The molecule has 0 radical (unpaired) electrons. The molecule has 0 unspecified atom stereocenters. The monoisotopic (exact) mass is 261 g/mol. The van der Waals surface area contributed by atoms with Gasteiger partial charge in [0, 0.05) is 7.05 Å². The zero-order valence-electron chi connectivity index (χ0n) is 10.2. The molecule has 18 heavy (non-hydrogen) atoms. The van der Waals surface area contributed by atoms with Crippen molar-refractivity contribution in [2.45, 2.75) is 13.8 Å². The zero-order valence-corrected chi connectivity index (χ0v) is 11.0. The van der Waals surface area contributed by atoms with Crippen LogP contribution in [0.25, 0.3) is 0 Å². The molecule has 0 aliphatic carbocycles. The number of aromatic nitrogens is 1. The number of rotatable bonds is 2. The van der Waals surface area contributed by atoms with Gasteiger partial charge in [0.15, 0.2) is 5.76 Å². The number of aryl methyl sites for hydroxylation is 2. The first-order valence-electron chi connectivity index (χ1n) is 5.24. The Morgan fingerprint density at radius 2 is 2.28 bits per heavy atom. The van der Waals surface area contributed by atoms with Crippen molar-refractivity contribution >= 4 is 22.9 Å². The molecule has 6 heteroatoms. The number of hydrogen-bond donors (Lipinski definition) is 0. The van der Waals surface area contributed by atoms with Gasteiger partial charge in [-0.05, 0) is 25.3 Å². The van der Waals surface area contributed by atoms with E-state index in [-0.39, 0.29) is 5.91 Å². The predicted molar refractivity (Wildman–Crippen MR) is 67.7 cm³/mol. The number of hydrogen-bond acceptors (Lipinski definition) is 5. The Bertz CT molecular complexity index is 617. The maximum absolute atomic E-state index is 12.3. The van der Waals surface area contributed by atoms with Crippen molar-refractivity contribution in [1.29, 1.82) is 5.26 Å². The highest BCUT2D eigenvalue weighted by Crippen LogP contribution is 2.26. The molecular weight excluding hydrogens is 250 g/mol. The summed E-state index contributed by atoms with van der Waals surface area (Å²) in [4.78, 5) is 14.2. The van der Waals surface area contributed by atoms with Crippen LogP contribution in [-0.4, -0.2) is 18.1 Å². The maximum Gasteiger partial charge on any atom is 0.269 e. The van der Waals surface area contributed by atoms with E-state index in [9.17, 15) is 4.79 Å². The minimum absolute atomic E-state index is 0.226. The number of carbonyl (C=O) groups excluding carboxylic acids is 1. The fraction of sp³-hybridized carbons (Fsp3) is 0.250. The Kier molecular flexibility index (Phi) is 3.17. The molecule has 2 aromatic rings. The van der Waals surface area contributed by atoms with E-state index in [4.69, 9.17) is 9.78 Å². The molecule has 0 spiro atoms. The third kappa shape index (κ3) is 1.89. The summed E-state index contributed by atoms with van der Waals surface area (Å²) in [5, 5.41) is 14.5. The Morgan fingerprint density at radius 3 is 2.83 bits per heavy atom. The Labute approximate surface area is 108 Å². The molecule has 0 aliphatic rings. The van der Waals surface area contributed by atoms with Crippen LogP contribution in [0, 0.1) is 25.2 Å². The molecule has 2 heterocycles. The highest BCUT2D eigenvalue weighted by Gasteiger charge is 2.23.